The molecule has 2 aliphatic heterocycles. The van der Waals surface area contributed by atoms with Crippen LogP contribution in [0.3, 0.4) is 0 Å². The minimum absolute atomic E-state index is 0.0310. The second kappa shape index (κ2) is 14.2. The number of alkyl halides is 3. The molecular formula is C25H28ClF5N4O6. The van der Waals surface area contributed by atoms with Crippen molar-refractivity contribution >= 4 is 35.7 Å². The van der Waals surface area contributed by atoms with Crippen molar-refractivity contribution in [2.45, 2.75) is 51.0 Å². The fourth-order valence-corrected chi connectivity index (χ4v) is 4.13. The van der Waals surface area contributed by atoms with Gasteiger partial charge in [0, 0.05) is 5.56 Å². The molecule has 2 aromatic rings. The Balaban J connectivity index is 0.00000226. The van der Waals surface area contributed by atoms with Gasteiger partial charge in [0.15, 0.2) is 5.82 Å². The van der Waals surface area contributed by atoms with Gasteiger partial charge in [0.2, 0.25) is 5.88 Å². The molecule has 2 aliphatic rings. The van der Waals surface area contributed by atoms with Gasteiger partial charge < -0.3 is 34.7 Å². The highest BCUT2D eigenvalue weighted by Crippen LogP contribution is 2.34. The van der Waals surface area contributed by atoms with E-state index in [1.807, 2.05) is 13.8 Å². The lowest BCUT2D eigenvalue weighted by Crippen LogP contribution is -2.33. The van der Waals surface area contributed by atoms with Gasteiger partial charge in [0.05, 0.1) is 24.5 Å². The standard InChI is InChI=1S/C23H22ClF5N4O6.C2H6/c1-30-20-15(32-9-39-17-7-37-18-16(34)6-36-19(17)18)4-12(24)22(33-20)38-5-11-13(25)2-10(3-14(11)26)21(35)31-8-23(27,28)29;1-2/h2-4,16-19,32,34H,1,5-9H2,(H,31,35);1-2H3/t16-,17-,18?,19-;/m1./s1. The van der Waals surface area contributed by atoms with E-state index < -0.39 is 72.4 Å². The number of rotatable bonds is 10. The summed E-state index contributed by atoms with van der Waals surface area (Å²) in [7, 11) is 0. The molecular weight excluding hydrogens is 583 g/mol. The summed E-state index contributed by atoms with van der Waals surface area (Å²) in [5, 5.41) is 14.2. The van der Waals surface area contributed by atoms with Crippen molar-refractivity contribution in [3.8, 4) is 5.88 Å². The van der Waals surface area contributed by atoms with E-state index in [0.29, 0.717) is 17.8 Å². The third kappa shape index (κ3) is 8.23. The van der Waals surface area contributed by atoms with E-state index >= 15 is 0 Å². The molecule has 16 heteroatoms. The van der Waals surface area contributed by atoms with Crippen molar-refractivity contribution in [3.05, 3.63) is 46.0 Å². The number of aliphatic hydroxyl groups is 1. The molecule has 41 heavy (non-hydrogen) atoms. The lowest BCUT2D eigenvalue weighted by atomic mass is 10.1. The zero-order valence-corrected chi connectivity index (χ0v) is 22.7. The zero-order chi connectivity index (χ0) is 30.3. The summed E-state index contributed by atoms with van der Waals surface area (Å²) < 4.78 is 87.8. The van der Waals surface area contributed by atoms with E-state index in [9.17, 15) is 31.9 Å². The van der Waals surface area contributed by atoms with Gasteiger partial charge in [-0.25, -0.2) is 13.8 Å². The van der Waals surface area contributed by atoms with E-state index in [1.165, 1.54) is 11.4 Å². The van der Waals surface area contributed by atoms with Gasteiger partial charge in [-0.3, -0.25) is 4.79 Å². The van der Waals surface area contributed by atoms with Crippen molar-refractivity contribution < 1.29 is 50.8 Å². The number of carbonyl (C=O) groups is 1. The molecule has 2 fully saturated rings. The lowest BCUT2D eigenvalue weighted by Gasteiger charge is -2.18. The maximum atomic E-state index is 14.5. The molecule has 4 atom stereocenters. The number of nitrogens with zero attached hydrogens (tertiary/aromatic N) is 2. The van der Waals surface area contributed by atoms with Crippen LogP contribution < -0.4 is 15.4 Å². The molecule has 4 rings (SSSR count). The Hall–Kier alpha value is -3.11. The summed E-state index contributed by atoms with van der Waals surface area (Å²) in [6, 6.07) is 2.55. The number of fused-ring (bicyclic) bond motifs is 1. The molecule has 0 bridgehead atoms. The van der Waals surface area contributed by atoms with Crippen LogP contribution in [0.25, 0.3) is 0 Å². The molecule has 2 saturated heterocycles. The first kappa shape index (κ1) is 32.4. The van der Waals surface area contributed by atoms with Gasteiger partial charge in [-0.05, 0) is 24.9 Å². The first-order chi connectivity index (χ1) is 19.5. The molecule has 0 spiro atoms. The highest BCUT2D eigenvalue weighted by Gasteiger charge is 2.47. The van der Waals surface area contributed by atoms with E-state index in [-0.39, 0.29) is 36.7 Å². The molecule has 226 valence electrons. The van der Waals surface area contributed by atoms with E-state index in [0.717, 1.165) is 0 Å². The highest BCUT2D eigenvalue weighted by atomic mass is 35.5. The SMILES string of the molecule is C=Nc1nc(OCc2c(F)cc(C(=O)NCC(F)(F)F)cc2F)c(Cl)cc1NCO[C@@H]1COC2[C@H](O)CO[C@@H]21.CC. The maximum absolute atomic E-state index is 14.5. The van der Waals surface area contributed by atoms with Crippen molar-refractivity contribution in [2.24, 2.45) is 4.99 Å². The van der Waals surface area contributed by atoms with Crippen LogP contribution in [0.5, 0.6) is 5.88 Å². The van der Waals surface area contributed by atoms with Gasteiger partial charge in [-0.15, -0.1) is 0 Å². The lowest BCUT2D eigenvalue weighted by molar-refractivity contribution is -0.123. The van der Waals surface area contributed by atoms with Crippen LogP contribution in [0.2, 0.25) is 5.02 Å². The minimum Gasteiger partial charge on any atom is -0.471 e. The van der Waals surface area contributed by atoms with Crippen LogP contribution in [0, 0.1) is 11.6 Å². The number of hydrogen-bond donors (Lipinski definition) is 3. The van der Waals surface area contributed by atoms with E-state index in [4.69, 9.17) is 30.5 Å². The molecule has 1 unspecified atom stereocenters. The maximum Gasteiger partial charge on any atom is 0.405 e. The number of nitrogens with one attached hydrogen (secondary N) is 2. The Morgan fingerprint density at radius 3 is 2.49 bits per heavy atom. The average Bonchev–Trinajstić information content (AvgIpc) is 3.51. The van der Waals surface area contributed by atoms with Crippen molar-refractivity contribution in [2.75, 3.05) is 31.8 Å². The normalized spacial score (nSPS) is 21.5. The van der Waals surface area contributed by atoms with Crippen LogP contribution in [0.15, 0.2) is 23.2 Å². The monoisotopic (exact) mass is 610 g/mol. The summed E-state index contributed by atoms with van der Waals surface area (Å²) in [4.78, 5) is 19.6. The van der Waals surface area contributed by atoms with Crippen LogP contribution in [-0.4, -0.2) is 79.8 Å². The third-order valence-corrected chi connectivity index (χ3v) is 6.09. The molecule has 10 nitrogen and oxygen atoms in total. The molecule has 1 aromatic heterocycles. The summed E-state index contributed by atoms with van der Waals surface area (Å²) >= 11 is 6.21. The molecule has 1 aromatic carbocycles. The largest absolute Gasteiger partial charge is 0.471 e. The number of ether oxygens (including phenoxy) is 4. The molecule has 1 amide bonds. The predicted molar refractivity (Wildman–Crippen MR) is 138 cm³/mol. The Kier molecular flexibility index (Phi) is 11.2. The number of amides is 1. The zero-order valence-electron chi connectivity index (χ0n) is 21.9. The number of aromatic nitrogens is 1. The van der Waals surface area contributed by atoms with Gasteiger partial charge in [-0.1, -0.05) is 25.4 Å². The second-order valence-corrected chi connectivity index (χ2v) is 8.91. The topological polar surface area (TPSA) is 124 Å². The number of anilines is 1. The number of aliphatic imine (C=N–C) groups is 1. The number of pyridine rings is 1. The molecule has 3 heterocycles. The van der Waals surface area contributed by atoms with Crippen LogP contribution >= 0.6 is 11.6 Å². The first-order valence-electron chi connectivity index (χ1n) is 12.4. The Labute approximate surface area is 236 Å². The number of aliphatic hydroxyl groups excluding tert-OH is 1. The number of carbonyl (C=O) groups excluding carboxylic acids is 1. The van der Waals surface area contributed by atoms with Gasteiger partial charge >= 0.3 is 6.18 Å². The molecule has 0 radical (unpaired) electrons. The number of halogens is 6. The second-order valence-electron chi connectivity index (χ2n) is 8.50. The highest BCUT2D eigenvalue weighted by molar-refractivity contribution is 6.32. The van der Waals surface area contributed by atoms with E-state index in [2.05, 4.69) is 22.0 Å². The van der Waals surface area contributed by atoms with Crippen LogP contribution in [-0.2, 0) is 20.8 Å². The summed E-state index contributed by atoms with van der Waals surface area (Å²) in [6.07, 6.45) is -6.68. The van der Waals surface area contributed by atoms with Crippen molar-refractivity contribution in [3.63, 3.8) is 0 Å². The third-order valence-electron chi connectivity index (χ3n) is 5.82. The molecule has 3 N–H and O–H groups in total. The van der Waals surface area contributed by atoms with Gasteiger partial charge in [-0.2, -0.15) is 18.2 Å². The van der Waals surface area contributed by atoms with Crippen molar-refractivity contribution in [1.29, 1.82) is 0 Å². The fourth-order valence-electron chi connectivity index (χ4n) is 3.92. The van der Waals surface area contributed by atoms with Gasteiger partial charge in [0.1, 0.15) is 61.0 Å². The summed E-state index contributed by atoms with van der Waals surface area (Å²) in [5.41, 5.74) is -0.947. The van der Waals surface area contributed by atoms with Gasteiger partial charge in [0.25, 0.3) is 5.91 Å². The number of benzene rings is 1. The molecule has 0 aliphatic carbocycles. The van der Waals surface area contributed by atoms with Crippen LogP contribution in [0.1, 0.15) is 29.8 Å². The minimum atomic E-state index is -4.69. The average molecular weight is 611 g/mol. The van der Waals surface area contributed by atoms with Crippen LogP contribution in [0.4, 0.5) is 33.5 Å². The Bertz CT molecular complexity index is 1210. The molecule has 0 saturated carbocycles. The quantitative estimate of drug-likeness (QED) is 0.208. The fraction of sp³-hybridized carbons (Fsp3) is 0.480. The Morgan fingerprint density at radius 2 is 1.85 bits per heavy atom. The summed E-state index contributed by atoms with van der Waals surface area (Å²) in [6.45, 7) is 5.41. The Morgan fingerprint density at radius 1 is 1.20 bits per heavy atom. The van der Waals surface area contributed by atoms with E-state index in [1.54, 1.807) is 0 Å². The first-order valence-corrected chi connectivity index (χ1v) is 12.7. The summed E-state index contributed by atoms with van der Waals surface area (Å²) in [5.74, 6) is -3.96. The van der Waals surface area contributed by atoms with Crippen molar-refractivity contribution in [1.82, 2.24) is 10.3 Å². The number of hydrogen-bond acceptors (Lipinski definition) is 9. The smallest absolute Gasteiger partial charge is 0.405 e. The predicted octanol–water partition coefficient (Wildman–Crippen LogP) is 4.16.